The fraction of sp³-hybridized carbons (Fsp3) is 0.692. The zero-order chi connectivity index (χ0) is 9.97. The fourth-order valence-electron chi connectivity index (χ4n) is 2.67. The molecule has 1 saturated carbocycles. The monoisotopic (exact) mass is 189 g/mol. The first-order valence-electron chi connectivity index (χ1n) is 5.74. The van der Waals surface area contributed by atoms with Gasteiger partial charge in [0.05, 0.1) is 6.04 Å². The molecule has 14 heavy (non-hydrogen) atoms. The second-order valence-electron chi connectivity index (χ2n) is 4.52. The molecule has 76 valence electrons. The molecule has 1 N–H and O–H groups in total. The van der Waals surface area contributed by atoms with Gasteiger partial charge in [0.15, 0.2) is 0 Å². The van der Waals surface area contributed by atoms with E-state index in [9.17, 15) is 0 Å². The number of rotatable bonds is 4. The maximum Gasteiger partial charge on any atom is 0.0689 e. The first-order valence-corrected chi connectivity index (χ1v) is 5.74. The van der Waals surface area contributed by atoms with E-state index in [1.165, 1.54) is 19.3 Å². The third kappa shape index (κ3) is 1.72. The van der Waals surface area contributed by atoms with Crippen molar-refractivity contribution in [1.82, 2.24) is 5.32 Å². The Bertz CT molecular complexity index is 261. The quantitative estimate of drug-likeness (QED) is 0.529. The molecule has 4 atom stereocenters. The van der Waals surface area contributed by atoms with E-state index in [2.05, 4.69) is 30.3 Å². The Morgan fingerprint density at radius 2 is 2.50 bits per heavy atom. The van der Waals surface area contributed by atoms with E-state index in [4.69, 9.17) is 6.42 Å². The molecule has 1 fully saturated rings. The van der Waals surface area contributed by atoms with Gasteiger partial charge < -0.3 is 5.32 Å². The Labute approximate surface area is 87.0 Å². The van der Waals surface area contributed by atoms with Crippen LogP contribution in [0.4, 0.5) is 0 Å². The molecular formula is C13H19N. The summed E-state index contributed by atoms with van der Waals surface area (Å²) in [6, 6.07) is 0.950. The molecule has 0 aliphatic heterocycles. The Balaban J connectivity index is 1.81. The van der Waals surface area contributed by atoms with Crippen molar-refractivity contribution in [3.63, 3.8) is 0 Å². The second-order valence-corrected chi connectivity index (χ2v) is 4.52. The Morgan fingerprint density at radius 3 is 3.14 bits per heavy atom. The summed E-state index contributed by atoms with van der Waals surface area (Å²) in [4.78, 5) is 0. The summed E-state index contributed by atoms with van der Waals surface area (Å²) in [5.74, 6) is 4.55. The molecule has 0 amide bonds. The molecule has 0 spiro atoms. The zero-order valence-electron chi connectivity index (χ0n) is 8.87. The number of hydrogen-bond acceptors (Lipinski definition) is 1. The lowest BCUT2D eigenvalue weighted by molar-refractivity contribution is 0.156. The Hall–Kier alpha value is -0.740. The van der Waals surface area contributed by atoms with E-state index in [0.717, 1.165) is 18.3 Å². The lowest BCUT2D eigenvalue weighted by Gasteiger charge is -2.42. The molecule has 0 aromatic carbocycles. The van der Waals surface area contributed by atoms with Gasteiger partial charge in [-0.15, -0.1) is 6.42 Å². The van der Waals surface area contributed by atoms with Gasteiger partial charge in [-0.05, 0) is 31.1 Å². The summed E-state index contributed by atoms with van der Waals surface area (Å²) in [6.07, 6.45) is 15.1. The van der Waals surface area contributed by atoms with Gasteiger partial charge in [-0.2, -0.15) is 0 Å². The largest absolute Gasteiger partial charge is 0.300 e. The van der Waals surface area contributed by atoms with Crippen LogP contribution in [-0.4, -0.2) is 12.1 Å². The Kier molecular flexibility index (Phi) is 2.93. The number of allylic oxidation sites excluding steroid dienone is 1. The third-order valence-electron chi connectivity index (χ3n) is 3.56. The topological polar surface area (TPSA) is 12.0 Å². The second kappa shape index (κ2) is 4.19. The molecule has 0 aromatic heterocycles. The molecule has 2 rings (SSSR count). The van der Waals surface area contributed by atoms with Crippen LogP contribution in [0.5, 0.6) is 0 Å². The van der Waals surface area contributed by atoms with Crippen molar-refractivity contribution in [2.24, 2.45) is 11.8 Å². The molecule has 0 saturated heterocycles. The van der Waals surface area contributed by atoms with Gasteiger partial charge in [0.25, 0.3) is 0 Å². The van der Waals surface area contributed by atoms with Gasteiger partial charge in [-0.3, -0.25) is 0 Å². The van der Waals surface area contributed by atoms with Crippen LogP contribution in [-0.2, 0) is 0 Å². The highest BCUT2D eigenvalue weighted by Crippen LogP contribution is 2.42. The maximum atomic E-state index is 5.49. The standard InChI is InChI=1S/C13H19N/c1-3-6-11(4-2)14-13-9-10-7-5-8-12(10)13/h2,5,8,10-14H,3,6-7,9H2,1H3. The molecular weight excluding hydrogens is 170 g/mol. The smallest absolute Gasteiger partial charge is 0.0689 e. The van der Waals surface area contributed by atoms with E-state index >= 15 is 0 Å². The minimum atomic E-state index is 0.292. The number of fused-ring (bicyclic) bond motifs is 1. The van der Waals surface area contributed by atoms with Crippen LogP contribution in [0.3, 0.4) is 0 Å². The van der Waals surface area contributed by atoms with E-state index in [0.29, 0.717) is 12.1 Å². The van der Waals surface area contributed by atoms with Crippen LogP contribution in [0.25, 0.3) is 0 Å². The van der Waals surface area contributed by atoms with Crippen LogP contribution >= 0.6 is 0 Å². The minimum Gasteiger partial charge on any atom is -0.300 e. The molecule has 0 heterocycles. The van der Waals surface area contributed by atoms with Crippen molar-refractivity contribution in [2.45, 2.75) is 44.7 Å². The third-order valence-corrected chi connectivity index (χ3v) is 3.56. The van der Waals surface area contributed by atoms with E-state index < -0.39 is 0 Å². The van der Waals surface area contributed by atoms with Crippen LogP contribution in [0.2, 0.25) is 0 Å². The average Bonchev–Trinajstić information content (AvgIpc) is 2.54. The van der Waals surface area contributed by atoms with Crippen LogP contribution in [0, 0.1) is 24.2 Å². The van der Waals surface area contributed by atoms with Crippen molar-refractivity contribution < 1.29 is 0 Å². The van der Waals surface area contributed by atoms with Crippen LogP contribution in [0.15, 0.2) is 12.2 Å². The summed E-state index contributed by atoms with van der Waals surface area (Å²) < 4.78 is 0. The van der Waals surface area contributed by atoms with Crippen molar-refractivity contribution in [1.29, 1.82) is 0 Å². The van der Waals surface area contributed by atoms with Crippen molar-refractivity contribution in [3.8, 4) is 12.3 Å². The SMILES string of the molecule is C#CC(CCC)NC1CC2CC=CC21. The van der Waals surface area contributed by atoms with Crippen LogP contribution < -0.4 is 5.32 Å². The highest BCUT2D eigenvalue weighted by Gasteiger charge is 2.41. The summed E-state index contributed by atoms with van der Waals surface area (Å²) >= 11 is 0. The van der Waals surface area contributed by atoms with Crippen molar-refractivity contribution >= 4 is 0 Å². The molecule has 0 bridgehead atoms. The maximum absolute atomic E-state index is 5.49. The van der Waals surface area contributed by atoms with E-state index in [1.807, 2.05) is 0 Å². The van der Waals surface area contributed by atoms with Crippen LogP contribution in [0.1, 0.15) is 32.6 Å². The first-order chi connectivity index (χ1) is 6.85. The number of nitrogens with one attached hydrogen (secondary N) is 1. The van der Waals surface area contributed by atoms with Crippen molar-refractivity contribution in [2.75, 3.05) is 0 Å². The van der Waals surface area contributed by atoms with Gasteiger partial charge >= 0.3 is 0 Å². The van der Waals surface area contributed by atoms with Gasteiger partial charge in [0.1, 0.15) is 0 Å². The predicted molar refractivity (Wildman–Crippen MR) is 59.8 cm³/mol. The summed E-state index contributed by atoms with van der Waals surface area (Å²) in [6.45, 7) is 2.19. The molecule has 1 heteroatoms. The molecule has 4 unspecified atom stereocenters. The summed E-state index contributed by atoms with van der Waals surface area (Å²) in [5, 5.41) is 3.59. The van der Waals surface area contributed by atoms with E-state index in [1.54, 1.807) is 0 Å². The predicted octanol–water partition coefficient (Wildman–Crippen LogP) is 2.34. The van der Waals surface area contributed by atoms with Gasteiger partial charge in [-0.1, -0.05) is 31.4 Å². The fourth-order valence-corrected chi connectivity index (χ4v) is 2.67. The number of hydrogen-bond donors (Lipinski definition) is 1. The molecule has 2 aliphatic rings. The Morgan fingerprint density at radius 1 is 1.64 bits per heavy atom. The number of terminal acetylenes is 1. The molecule has 2 aliphatic carbocycles. The highest BCUT2D eigenvalue weighted by molar-refractivity contribution is 5.14. The van der Waals surface area contributed by atoms with E-state index in [-0.39, 0.29) is 0 Å². The van der Waals surface area contributed by atoms with Crippen molar-refractivity contribution in [3.05, 3.63) is 12.2 Å². The molecule has 1 nitrogen and oxygen atoms in total. The lowest BCUT2D eigenvalue weighted by atomic mass is 9.71. The summed E-state index contributed by atoms with van der Waals surface area (Å²) in [7, 11) is 0. The highest BCUT2D eigenvalue weighted by atomic mass is 15.0. The lowest BCUT2D eigenvalue weighted by Crippen LogP contribution is -2.51. The molecule has 0 aromatic rings. The van der Waals surface area contributed by atoms with Gasteiger partial charge in [0, 0.05) is 6.04 Å². The van der Waals surface area contributed by atoms with Gasteiger partial charge in [-0.25, -0.2) is 0 Å². The first kappa shape index (κ1) is 9.80. The summed E-state index contributed by atoms with van der Waals surface area (Å²) in [5.41, 5.74) is 0. The molecule has 0 radical (unpaired) electrons. The normalized spacial score (nSPS) is 35.9. The van der Waals surface area contributed by atoms with Gasteiger partial charge in [0.2, 0.25) is 0 Å². The minimum absolute atomic E-state index is 0.292. The zero-order valence-corrected chi connectivity index (χ0v) is 8.87. The average molecular weight is 189 g/mol.